The van der Waals surface area contributed by atoms with Gasteiger partial charge in [0, 0.05) is 26.6 Å². The van der Waals surface area contributed by atoms with E-state index >= 15 is 0 Å². The summed E-state index contributed by atoms with van der Waals surface area (Å²) in [4.78, 5) is 2.32. The zero-order valence-electron chi connectivity index (χ0n) is 9.32. The second kappa shape index (κ2) is 4.61. The maximum Gasteiger partial charge on any atom is 0.226 e. The molecule has 5 heteroatoms. The molecule has 1 fully saturated rings. The van der Waals surface area contributed by atoms with Gasteiger partial charge in [0.2, 0.25) is 5.95 Å². The molecule has 1 aromatic heterocycles. The van der Waals surface area contributed by atoms with Gasteiger partial charge in [0.25, 0.3) is 0 Å². The molecule has 1 aromatic rings. The molecule has 2 N–H and O–H groups in total. The summed E-state index contributed by atoms with van der Waals surface area (Å²) in [5.74, 6) is 1.98. The molecule has 5 nitrogen and oxygen atoms in total. The lowest BCUT2D eigenvalue weighted by Crippen LogP contribution is -2.31. The van der Waals surface area contributed by atoms with Gasteiger partial charge in [0.05, 0.1) is 0 Å². The van der Waals surface area contributed by atoms with Gasteiger partial charge in [-0.1, -0.05) is 0 Å². The van der Waals surface area contributed by atoms with Crippen molar-refractivity contribution in [3.05, 3.63) is 5.82 Å². The number of nitrogens with two attached hydrogens (primary N) is 1. The normalized spacial score (nSPS) is 17.1. The lowest BCUT2D eigenvalue weighted by molar-refractivity contribution is 0.560. The Bertz CT molecular complexity index is 314. The Morgan fingerprint density at radius 1 is 1.20 bits per heavy atom. The van der Waals surface area contributed by atoms with Crippen LogP contribution >= 0.6 is 0 Å². The Kier molecular flexibility index (Phi) is 3.20. The van der Waals surface area contributed by atoms with Crippen molar-refractivity contribution < 1.29 is 0 Å². The van der Waals surface area contributed by atoms with Crippen molar-refractivity contribution in [2.45, 2.75) is 25.7 Å². The summed E-state index contributed by atoms with van der Waals surface area (Å²) >= 11 is 0. The van der Waals surface area contributed by atoms with Crippen LogP contribution in [0.1, 0.15) is 25.1 Å². The Balaban J connectivity index is 2.13. The van der Waals surface area contributed by atoms with Crippen LogP contribution in [0.2, 0.25) is 0 Å². The standard InChI is InChI=1S/C10H19N5/c1-14-9(5-6-11)12-13-10(14)15-7-3-2-4-8-15/h2-8,11H2,1H3. The molecule has 15 heavy (non-hydrogen) atoms. The second-order valence-corrected chi connectivity index (χ2v) is 4.06. The van der Waals surface area contributed by atoms with E-state index in [4.69, 9.17) is 5.73 Å². The van der Waals surface area contributed by atoms with Gasteiger partial charge in [0.1, 0.15) is 5.82 Å². The van der Waals surface area contributed by atoms with E-state index in [-0.39, 0.29) is 0 Å². The summed E-state index contributed by atoms with van der Waals surface area (Å²) in [6.45, 7) is 2.84. The van der Waals surface area contributed by atoms with Gasteiger partial charge < -0.3 is 15.2 Å². The van der Waals surface area contributed by atoms with Gasteiger partial charge in [-0.05, 0) is 25.8 Å². The van der Waals surface area contributed by atoms with E-state index in [0.29, 0.717) is 6.54 Å². The first-order valence-corrected chi connectivity index (χ1v) is 5.66. The van der Waals surface area contributed by atoms with Crippen LogP contribution in [0.25, 0.3) is 0 Å². The van der Waals surface area contributed by atoms with Crippen LogP contribution in [0, 0.1) is 0 Å². The Morgan fingerprint density at radius 3 is 2.60 bits per heavy atom. The predicted octanol–water partition coefficient (Wildman–Crippen LogP) is 0.307. The van der Waals surface area contributed by atoms with Gasteiger partial charge >= 0.3 is 0 Å². The van der Waals surface area contributed by atoms with E-state index in [1.165, 1.54) is 19.3 Å². The fourth-order valence-electron chi connectivity index (χ4n) is 2.07. The van der Waals surface area contributed by atoms with Crippen LogP contribution in [0.4, 0.5) is 5.95 Å². The number of nitrogens with zero attached hydrogens (tertiary/aromatic N) is 4. The van der Waals surface area contributed by atoms with Crippen molar-refractivity contribution in [1.82, 2.24) is 14.8 Å². The topological polar surface area (TPSA) is 60.0 Å². The predicted molar refractivity (Wildman–Crippen MR) is 59.8 cm³/mol. The Hall–Kier alpha value is -1.10. The minimum atomic E-state index is 0.631. The molecule has 1 aliphatic rings. The quantitative estimate of drug-likeness (QED) is 0.778. The van der Waals surface area contributed by atoms with Crippen molar-refractivity contribution in [2.75, 3.05) is 24.5 Å². The van der Waals surface area contributed by atoms with Gasteiger partial charge in [-0.25, -0.2) is 0 Å². The summed E-state index contributed by atoms with van der Waals surface area (Å²) in [7, 11) is 2.02. The highest BCUT2D eigenvalue weighted by Crippen LogP contribution is 2.17. The summed E-state index contributed by atoms with van der Waals surface area (Å²) in [6.07, 6.45) is 4.67. The van der Waals surface area contributed by atoms with Crippen molar-refractivity contribution >= 4 is 5.95 Å². The second-order valence-electron chi connectivity index (χ2n) is 4.06. The first-order valence-electron chi connectivity index (χ1n) is 5.66. The molecule has 0 aliphatic carbocycles. The van der Waals surface area contributed by atoms with E-state index in [2.05, 4.69) is 19.7 Å². The van der Waals surface area contributed by atoms with E-state index < -0.39 is 0 Å². The van der Waals surface area contributed by atoms with Crippen molar-refractivity contribution in [3.63, 3.8) is 0 Å². The highest BCUT2D eigenvalue weighted by atomic mass is 15.4. The number of hydrogen-bond donors (Lipinski definition) is 1. The number of piperidine rings is 1. The van der Waals surface area contributed by atoms with E-state index in [9.17, 15) is 0 Å². The largest absolute Gasteiger partial charge is 0.341 e. The zero-order chi connectivity index (χ0) is 10.7. The molecule has 2 heterocycles. The first kappa shape index (κ1) is 10.4. The van der Waals surface area contributed by atoms with Crippen LogP contribution in [-0.2, 0) is 13.5 Å². The number of hydrogen-bond acceptors (Lipinski definition) is 4. The Morgan fingerprint density at radius 2 is 1.93 bits per heavy atom. The van der Waals surface area contributed by atoms with Gasteiger partial charge in [-0.3, -0.25) is 0 Å². The minimum Gasteiger partial charge on any atom is -0.341 e. The third kappa shape index (κ3) is 2.12. The molecular formula is C10H19N5. The maximum atomic E-state index is 5.52. The molecule has 2 rings (SSSR count). The van der Waals surface area contributed by atoms with Gasteiger partial charge in [0.15, 0.2) is 0 Å². The van der Waals surface area contributed by atoms with Crippen molar-refractivity contribution in [3.8, 4) is 0 Å². The fourth-order valence-corrected chi connectivity index (χ4v) is 2.07. The fraction of sp³-hybridized carbons (Fsp3) is 0.800. The highest BCUT2D eigenvalue weighted by Gasteiger charge is 2.17. The molecule has 0 saturated carbocycles. The van der Waals surface area contributed by atoms with E-state index in [0.717, 1.165) is 31.3 Å². The van der Waals surface area contributed by atoms with Crippen molar-refractivity contribution in [1.29, 1.82) is 0 Å². The summed E-state index contributed by atoms with van der Waals surface area (Å²) in [5.41, 5.74) is 5.52. The molecule has 84 valence electrons. The smallest absolute Gasteiger partial charge is 0.226 e. The molecule has 0 aromatic carbocycles. The highest BCUT2D eigenvalue weighted by molar-refractivity contribution is 5.31. The number of rotatable bonds is 3. The summed E-state index contributed by atoms with van der Waals surface area (Å²) < 4.78 is 2.07. The Labute approximate surface area is 90.3 Å². The molecule has 0 atom stereocenters. The molecule has 0 spiro atoms. The SMILES string of the molecule is Cn1c(CCN)nnc1N1CCCCC1. The average Bonchev–Trinajstić information content (AvgIpc) is 2.63. The zero-order valence-corrected chi connectivity index (χ0v) is 9.32. The van der Waals surface area contributed by atoms with Gasteiger partial charge in [-0.2, -0.15) is 0 Å². The average molecular weight is 209 g/mol. The first-order chi connectivity index (χ1) is 7.33. The summed E-state index contributed by atoms with van der Waals surface area (Å²) in [6, 6.07) is 0. The molecule has 0 bridgehead atoms. The van der Waals surface area contributed by atoms with Crippen LogP contribution in [0.15, 0.2) is 0 Å². The minimum absolute atomic E-state index is 0.631. The monoisotopic (exact) mass is 209 g/mol. The van der Waals surface area contributed by atoms with E-state index in [1.807, 2.05) is 7.05 Å². The van der Waals surface area contributed by atoms with Crippen molar-refractivity contribution in [2.24, 2.45) is 12.8 Å². The van der Waals surface area contributed by atoms with Crippen LogP contribution in [0.5, 0.6) is 0 Å². The summed E-state index contributed by atoms with van der Waals surface area (Å²) in [5, 5.41) is 8.41. The van der Waals surface area contributed by atoms with Gasteiger partial charge in [-0.15, -0.1) is 10.2 Å². The molecule has 1 aliphatic heterocycles. The third-order valence-electron chi connectivity index (χ3n) is 2.95. The van der Waals surface area contributed by atoms with E-state index in [1.54, 1.807) is 0 Å². The van der Waals surface area contributed by atoms with Crippen LogP contribution in [-0.4, -0.2) is 34.4 Å². The lowest BCUT2D eigenvalue weighted by Gasteiger charge is -2.27. The molecular weight excluding hydrogens is 190 g/mol. The van der Waals surface area contributed by atoms with Crippen LogP contribution < -0.4 is 10.6 Å². The number of anilines is 1. The molecule has 1 saturated heterocycles. The number of aromatic nitrogens is 3. The van der Waals surface area contributed by atoms with Crippen LogP contribution in [0.3, 0.4) is 0 Å². The molecule has 0 amide bonds. The maximum absolute atomic E-state index is 5.52. The third-order valence-corrected chi connectivity index (χ3v) is 2.95. The molecule has 0 unspecified atom stereocenters. The lowest BCUT2D eigenvalue weighted by atomic mass is 10.1. The molecule has 0 radical (unpaired) electrons.